The molecule has 0 aliphatic carbocycles. The number of anilines is 1. The van der Waals surface area contributed by atoms with Crippen molar-refractivity contribution in [2.75, 3.05) is 31.5 Å². The molecule has 0 aliphatic rings. The van der Waals surface area contributed by atoms with E-state index in [0.717, 1.165) is 31.6 Å². The van der Waals surface area contributed by atoms with Crippen molar-refractivity contribution in [3.63, 3.8) is 0 Å². The first-order valence-corrected chi connectivity index (χ1v) is 8.56. The van der Waals surface area contributed by atoms with Gasteiger partial charge in [0.2, 0.25) is 5.91 Å². The third-order valence-electron chi connectivity index (χ3n) is 4.02. The Kier molecular flexibility index (Phi) is 7.46. The molecule has 0 saturated heterocycles. The summed E-state index contributed by atoms with van der Waals surface area (Å²) in [6.45, 7) is 4.57. The second kappa shape index (κ2) is 9.85. The van der Waals surface area contributed by atoms with Crippen molar-refractivity contribution in [1.82, 2.24) is 4.90 Å². The molecule has 0 radical (unpaired) electrons. The Bertz CT molecular complexity index is 611. The summed E-state index contributed by atoms with van der Waals surface area (Å²) >= 11 is 0. The van der Waals surface area contributed by atoms with E-state index in [0.29, 0.717) is 13.1 Å². The van der Waals surface area contributed by atoms with Crippen molar-refractivity contribution in [1.29, 1.82) is 0 Å². The zero-order valence-corrected chi connectivity index (χ0v) is 14.4. The Morgan fingerprint density at radius 2 is 1.71 bits per heavy atom. The van der Waals surface area contributed by atoms with Gasteiger partial charge in [0, 0.05) is 25.3 Å². The maximum Gasteiger partial charge on any atom is 0.238 e. The van der Waals surface area contributed by atoms with Crippen LogP contribution in [0.3, 0.4) is 0 Å². The fourth-order valence-corrected chi connectivity index (χ4v) is 2.61. The zero-order chi connectivity index (χ0) is 17.2. The maximum atomic E-state index is 12.3. The van der Waals surface area contributed by atoms with Gasteiger partial charge in [0.15, 0.2) is 0 Å². The van der Waals surface area contributed by atoms with E-state index in [1.807, 2.05) is 42.5 Å². The van der Waals surface area contributed by atoms with Crippen molar-refractivity contribution >= 4 is 11.6 Å². The molecule has 24 heavy (non-hydrogen) atoms. The highest BCUT2D eigenvalue weighted by Gasteiger charge is 2.10. The van der Waals surface area contributed by atoms with E-state index in [1.54, 1.807) is 0 Å². The fraction of sp³-hybridized carbons (Fsp3) is 0.350. The number of carbonyl (C=O) groups is 1. The predicted molar refractivity (Wildman–Crippen MR) is 100 cm³/mol. The molecular weight excluding hydrogens is 298 g/mol. The van der Waals surface area contributed by atoms with Gasteiger partial charge in [-0.25, -0.2) is 0 Å². The summed E-state index contributed by atoms with van der Waals surface area (Å²) in [5.74, 6) is 0.000704. The summed E-state index contributed by atoms with van der Waals surface area (Å²) in [5.41, 5.74) is 9.06. The van der Waals surface area contributed by atoms with Crippen LogP contribution in [0.2, 0.25) is 0 Å². The predicted octanol–water partition coefficient (Wildman–Crippen LogP) is 2.69. The minimum absolute atomic E-state index is 0.000704. The molecule has 4 heteroatoms. The van der Waals surface area contributed by atoms with Crippen molar-refractivity contribution < 1.29 is 4.79 Å². The third kappa shape index (κ3) is 6.14. The number of aryl methyl sites for hydroxylation is 1. The number of nitrogens with one attached hydrogen (secondary N) is 1. The normalized spacial score (nSPS) is 10.8. The number of rotatable bonds is 9. The topological polar surface area (TPSA) is 58.4 Å². The third-order valence-corrected chi connectivity index (χ3v) is 4.02. The lowest BCUT2D eigenvalue weighted by molar-refractivity contribution is -0.117. The van der Waals surface area contributed by atoms with Crippen LogP contribution in [-0.2, 0) is 17.6 Å². The molecule has 0 heterocycles. The highest BCUT2D eigenvalue weighted by Crippen LogP contribution is 2.10. The SMILES string of the molecule is CCc1ccc(NC(=O)CN(CCN)CCc2ccccc2)cc1. The summed E-state index contributed by atoms with van der Waals surface area (Å²) in [6.07, 6.45) is 1.91. The minimum atomic E-state index is 0.000704. The summed E-state index contributed by atoms with van der Waals surface area (Å²) in [6, 6.07) is 18.3. The van der Waals surface area contributed by atoms with Crippen LogP contribution in [0.5, 0.6) is 0 Å². The van der Waals surface area contributed by atoms with Gasteiger partial charge in [-0.3, -0.25) is 9.69 Å². The maximum absolute atomic E-state index is 12.3. The molecule has 1 amide bonds. The molecule has 2 aromatic rings. The van der Waals surface area contributed by atoms with E-state index in [1.165, 1.54) is 11.1 Å². The molecule has 2 aromatic carbocycles. The van der Waals surface area contributed by atoms with E-state index < -0.39 is 0 Å². The summed E-state index contributed by atoms with van der Waals surface area (Å²) in [7, 11) is 0. The monoisotopic (exact) mass is 325 g/mol. The Labute approximate surface area is 144 Å². The lowest BCUT2D eigenvalue weighted by atomic mass is 10.1. The summed E-state index contributed by atoms with van der Waals surface area (Å²) < 4.78 is 0. The van der Waals surface area contributed by atoms with Gasteiger partial charge in [-0.05, 0) is 36.1 Å². The lowest BCUT2D eigenvalue weighted by Crippen LogP contribution is -2.37. The Hall–Kier alpha value is -2.17. The first-order chi connectivity index (χ1) is 11.7. The molecule has 4 nitrogen and oxygen atoms in total. The minimum Gasteiger partial charge on any atom is -0.329 e. The van der Waals surface area contributed by atoms with Crippen LogP contribution in [0.15, 0.2) is 54.6 Å². The van der Waals surface area contributed by atoms with Crippen LogP contribution in [0.25, 0.3) is 0 Å². The highest BCUT2D eigenvalue weighted by molar-refractivity contribution is 5.92. The molecule has 0 aromatic heterocycles. The molecule has 0 bridgehead atoms. The number of hydrogen-bond donors (Lipinski definition) is 2. The smallest absolute Gasteiger partial charge is 0.238 e. The van der Waals surface area contributed by atoms with Crippen LogP contribution >= 0.6 is 0 Å². The fourth-order valence-electron chi connectivity index (χ4n) is 2.61. The number of amides is 1. The standard InChI is InChI=1S/C20H27N3O/c1-2-17-8-10-19(11-9-17)22-20(24)16-23(15-13-21)14-12-18-6-4-3-5-7-18/h3-11H,2,12-16,21H2,1H3,(H,22,24). The van der Waals surface area contributed by atoms with Crippen LogP contribution in [-0.4, -0.2) is 37.0 Å². The van der Waals surface area contributed by atoms with Crippen LogP contribution < -0.4 is 11.1 Å². The average molecular weight is 325 g/mol. The molecule has 0 fully saturated rings. The van der Waals surface area contributed by atoms with Gasteiger partial charge >= 0.3 is 0 Å². The lowest BCUT2D eigenvalue weighted by Gasteiger charge is -2.21. The second-order valence-electron chi connectivity index (χ2n) is 5.90. The van der Waals surface area contributed by atoms with E-state index in [4.69, 9.17) is 5.73 Å². The zero-order valence-electron chi connectivity index (χ0n) is 14.4. The molecule has 0 saturated carbocycles. The molecule has 0 unspecified atom stereocenters. The molecule has 3 N–H and O–H groups in total. The van der Waals surface area contributed by atoms with Crippen LogP contribution in [0.1, 0.15) is 18.1 Å². The Morgan fingerprint density at radius 1 is 1.00 bits per heavy atom. The largest absolute Gasteiger partial charge is 0.329 e. The van der Waals surface area contributed by atoms with Crippen molar-refractivity contribution in [2.24, 2.45) is 5.73 Å². The van der Waals surface area contributed by atoms with Gasteiger partial charge in [0.25, 0.3) is 0 Å². The molecular formula is C20H27N3O. The Morgan fingerprint density at radius 3 is 2.33 bits per heavy atom. The first-order valence-electron chi connectivity index (χ1n) is 8.56. The van der Waals surface area contributed by atoms with Crippen molar-refractivity contribution in [3.05, 3.63) is 65.7 Å². The van der Waals surface area contributed by atoms with Gasteiger partial charge < -0.3 is 11.1 Å². The van der Waals surface area contributed by atoms with E-state index in [2.05, 4.69) is 29.3 Å². The molecule has 2 rings (SSSR count). The van der Waals surface area contributed by atoms with Gasteiger partial charge in [0.1, 0.15) is 0 Å². The first kappa shape index (κ1) is 18.2. The molecule has 0 atom stereocenters. The van der Waals surface area contributed by atoms with Crippen LogP contribution in [0, 0.1) is 0 Å². The van der Waals surface area contributed by atoms with E-state index >= 15 is 0 Å². The van der Waals surface area contributed by atoms with E-state index in [-0.39, 0.29) is 5.91 Å². The molecule has 0 spiro atoms. The molecule has 0 aliphatic heterocycles. The van der Waals surface area contributed by atoms with Crippen molar-refractivity contribution in [2.45, 2.75) is 19.8 Å². The summed E-state index contributed by atoms with van der Waals surface area (Å²) in [5, 5.41) is 2.96. The van der Waals surface area contributed by atoms with Crippen LogP contribution in [0.4, 0.5) is 5.69 Å². The van der Waals surface area contributed by atoms with Gasteiger partial charge in [0.05, 0.1) is 6.54 Å². The van der Waals surface area contributed by atoms with E-state index in [9.17, 15) is 4.79 Å². The number of hydrogen-bond acceptors (Lipinski definition) is 3. The second-order valence-corrected chi connectivity index (χ2v) is 5.90. The number of nitrogens with two attached hydrogens (primary N) is 1. The Balaban J connectivity index is 1.85. The van der Waals surface area contributed by atoms with Gasteiger partial charge in [-0.15, -0.1) is 0 Å². The number of nitrogens with zero attached hydrogens (tertiary/aromatic N) is 1. The molecule has 128 valence electrons. The van der Waals surface area contributed by atoms with Crippen molar-refractivity contribution in [3.8, 4) is 0 Å². The number of benzene rings is 2. The quantitative estimate of drug-likeness (QED) is 0.745. The summed E-state index contributed by atoms with van der Waals surface area (Å²) in [4.78, 5) is 14.4. The number of carbonyl (C=O) groups excluding carboxylic acids is 1. The highest BCUT2D eigenvalue weighted by atomic mass is 16.2. The van der Waals surface area contributed by atoms with Gasteiger partial charge in [-0.2, -0.15) is 0 Å². The van der Waals surface area contributed by atoms with Gasteiger partial charge in [-0.1, -0.05) is 49.4 Å². The average Bonchev–Trinajstić information content (AvgIpc) is 2.61.